The molecule has 86 valence electrons. The van der Waals surface area contributed by atoms with Crippen molar-refractivity contribution in [3.05, 3.63) is 23.2 Å². The number of rotatable bonds is 2. The molecule has 1 aliphatic rings. The molecule has 0 amide bonds. The van der Waals surface area contributed by atoms with Crippen molar-refractivity contribution in [2.45, 2.75) is 12.2 Å². The second-order valence-electron chi connectivity index (χ2n) is 3.55. The van der Waals surface area contributed by atoms with Crippen molar-refractivity contribution in [2.75, 3.05) is 19.0 Å². The van der Waals surface area contributed by atoms with Gasteiger partial charge in [0.1, 0.15) is 5.75 Å². The summed E-state index contributed by atoms with van der Waals surface area (Å²) < 4.78 is 5.15. The Morgan fingerprint density at radius 2 is 2.38 bits per heavy atom. The molecule has 16 heavy (non-hydrogen) atoms. The van der Waals surface area contributed by atoms with Crippen LogP contribution in [0.4, 0.5) is 5.69 Å². The molecule has 0 aliphatic carbocycles. The fourth-order valence-corrected chi connectivity index (χ4v) is 2.40. The lowest BCUT2D eigenvalue weighted by molar-refractivity contribution is 0.415. The predicted octanol–water partition coefficient (Wildman–Crippen LogP) is 3.25. The monoisotopic (exact) mass is 256 g/mol. The van der Waals surface area contributed by atoms with Crippen LogP contribution in [0.2, 0.25) is 5.02 Å². The van der Waals surface area contributed by atoms with E-state index in [1.54, 1.807) is 18.9 Å². The molecular formula is C11H13ClN2OS. The Bertz CT molecular complexity index is 422. The van der Waals surface area contributed by atoms with Gasteiger partial charge in [-0.15, -0.1) is 0 Å². The van der Waals surface area contributed by atoms with Gasteiger partial charge in [-0.1, -0.05) is 30.3 Å². The van der Waals surface area contributed by atoms with E-state index in [4.69, 9.17) is 16.3 Å². The van der Waals surface area contributed by atoms with Crippen LogP contribution in [0.3, 0.4) is 0 Å². The normalized spacial score (nSPS) is 19.4. The number of benzene rings is 1. The maximum atomic E-state index is 6.09. The van der Waals surface area contributed by atoms with Crippen molar-refractivity contribution in [1.29, 1.82) is 0 Å². The zero-order valence-electron chi connectivity index (χ0n) is 9.16. The van der Waals surface area contributed by atoms with Gasteiger partial charge < -0.3 is 10.1 Å². The lowest BCUT2D eigenvalue weighted by Crippen LogP contribution is -2.06. The topological polar surface area (TPSA) is 33.6 Å². The Morgan fingerprint density at radius 3 is 3.00 bits per heavy atom. The molecule has 1 atom stereocenters. The third kappa shape index (κ3) is 2.62. The molecule has 0 saturated heterocycles. The van der Waals surface area contributed by atoms with Crippen LogP contribution in [0.5, 0.6) is 5.75 Å². The molecule has 2 rings (SSSR count). The minimum atomic E-state index is 0.534. The zero-order valence-corrected chi connectivity index (χ0v) is 10.7. The molecule has 1 aromatic carbocycles. The van der Waals surface area contributed by atoms with Gasteiger partial charge in [-0.3, -0.25) is 4.99 Å². The van der Waals surface area contributed by atoms with Crippen LogP contribution >= 0.6 is 23.4 Å². The first-order chi connectivity index (χ1) is 7.69. The second-order valence-corrected chi connectivity index (χ2v) is 5.38. The maximum Gasteiger partial charge on any atom is 0.161 e. The number of halogens is 1. The fraction of sp³-hybridized carbons (Fsp3) is 0.364. The van der Waals surface area contributed by atoms with E-state index in [0.717, 1.165) is 23.1 Å². The Hall–Kier alpha value is -0.870. The van der Waals surface area contributed by atoms with Gasteiger partial charge in [0.2, 0.25) is 0 Å². The minimum absolute atomic E-state index is 0.534. The predicted molar refractivity (Wildman–Crippen MR) is 71.0 cm³/mol. The van der Waals surface area contributed by atoms with Crippen LogP contribution in [0, 0.1) is 0 Å². The molecule has 0 spiro atoms. The summed E-state index contributed by atoms with van der Waals surface area (Å²) in [4.78, 5) is 4.38. The molecule has 5 heteroatoms. The van der Waals surface area contributed by atoms with Crippen LogP contribution in [-0.2, 0) is 0 Å². The third-order valence-corrected chi connectivity index (χ3v) is 3.56. The van der Waals surface area contributed by atoms with E-state index >= 15 is 0 Å². The number of nitrogens with zero attached hydrogens (tertiary/aromatic N) is 1. The number of aliphatic imine (C=N–C) groups is 1. The standard InChI is InChI=1S/C11H13ClN2OS/c1-7-6-13-11(16-7)14-10-5-8(15-2)3-4-9(10)12/h3-5,7H,6H2,1-2H3,(H,13,14). The number of thioether (sulfide) groups is 1. The van der Waals surface area contributed by atoms with Crippen molar-refractivity contribution in [3.63, 3.8) is 0 Å². The third-order valence-electron chi connectivity index (χ3n) is 2.22. The summed E-state index contributed by atoms with van der Waals surface area (Å²) >= 11 is 7.81. The molecule has 0 aromatic heterocycles. The molecule has 0 bridgehead atoms. The van der Waals surface area contributed by atoms with E-state index in [1.165, 1.54) is 0 Å². The van der Waals surface area contributed by atoms with Crippen LogP contribution in [-0.4, -0.2) is 24.1 Å². The van der Waals surface area contributed by atoms with Crippen molar-refractivity contribution in [1.82, 2.24) is 0 Å². The summed E-state index contributed by atoms with van der Waals surface area (Å²) in [5.41, 5.74) is 0.835. The van der Waals surface area contributed by atoms with Gasteiger partial charge in [-0.2, -0.15) is 0 Å². The second kappa shape index (κ2) is 4.97. The fourth-order valence-electron chi connectivity index (χ4n) is 1.39. The average Bonchev–Trinajstić information content (AvgIpc) is 2.67. The summed E-state index contributed by atoms with van der Waals surface area (Å²) in [5, 5.41) is 5.34. The van der Waals surface area contributed by atoms with Crippen molar-refractivity contribution in [2.24, 2.45) is 4.99 Å². The van der Waals surface area contributed by atoms with Gasteiger partial charge >= 0.3 is 0 Å². The summed E-state index contributed by atoms with van der Waals surface area (Å²) in [5.74, 6) is 0.781. The van der Waals surface area contributed by atoms with Gasteiger partial charge in [-0.05, 0) is 12.1 Å². The van der Waals surface area contributed by atoms with Crippen LogP contribution in [0.1, 0.15) is 6.92 Å². The highest BCUT2D eigenvalue weighted by molar-refractivity contribution is 8.15. The molecule has 3 nitrogen and oxygen atoms in total. The molecule has 1 heterocycles. The lowest BCUT2D eigenvalue weighted by Gasteiger charge is -2.09. The first kappa shape index (κ1) is 11.6. The molecule has 0 saturated carbocycles. The first-order valence-electron chi connectivity index (χ1n) is 5.00. The average molecular weight is 257 g/mol. The number of hydrogen-bond acceptors (Lipinski definition) is 4. The largest absolute Gasteiger partial charge is 0.497 e. The number of nitrogens with one attached hydrogen (secondary N) is 1. The Kier molecular flexibility index (Phi) is 3.61. The van der Waals surface area contributed by atoms with Gasteiger partial charge in [0, 0.05) is 11.3 Å². The van der Waals surface area contributed by atoms with E-state index in [0.29, 0.717) is 10.3 Å². The molecule has 0 fully saturated rings. The molecule has 1 aliphatic heterocycles. The van der Waals surface area contributed by atoms with E-state index in [2.05, 4.69) is 17.2 Å². The Balaban J connectivity index is 2.14. The van der Waals surface area contributed by atoms with Crippen molar-refractivity contribution < 1.29 is 4.74 Å². The maximum absolute atomic E-state index is 6.09. The minimum Gasteiger partial charge on any atom is -0.497 e. The number of methoxy groups -OCH3 is 1. The first-order valence-corrected chi connectivity index (χ1v) is 6.26. The van der Waals surface area contributed by atoms with Gasteiger partial charge in [-0.25, -0.2) is 0 Å². The van der Waals surface area contributed by atoms with E-state index < -0.39 is 0 Å². The Labute approximate surface area is 104 Å². The van der Waals surface area contributed by atoms with Crippen molar-refractivity contribution in [3.8, 4) is 5.75 Å². The summed E-state index contributed by atoms with van der Waals surface area (Å²) in [6.07, 6.45) is 0. The highest BCUT2D eigenvalue weighted by atomic mass is 35.5. The summed E-state index contributed by atoms with van der Waals surface area (Å²) in [6.45, 7) is 3.00. The van der Waals surface area contributed by atoms with Gasteiger partial charge in [0.05, 0.1) is 24.4 Å². The molecule has 1 unspecified atom stereocenters. The SMILES string of the molecule is COc1ccc(Cl)c(NC2=NCC(C)S2)c1. The van der Waals surface area contributed by atoms with Crippen molar-refractivity contribution >= 4 is 34.2 Å². The summed E-state index contributed by atoms with van der Waals surface area (Å²) in [6, 6.07) is 5.51. The quantitative estimate of drug-likeness (QED) is 0.882. The zero-order chi connectivity index (χ0) is 11.5. The number of hydrogen-bond donors (Lipinski definition) is 1. The lowest BCUT2D eigenvalue weighted by atomic mass is 10.3. The van der Waals surface area contributed by atoms with E-state index in [1.807, 2.05) is 18.2 Å². The number of ether oxygens (including phenoxy) is 1. The molecule has 1 N–H and O–H groups in total. The smallest absolute Gasteiger partial charge is 0.161 e. The van der Waals surface area contributed by atoms with Crippen LogP contribution in [0.25, 0.3) is 0 Å². The van der Waals surface area contributed by atoms with Gasteiger partial charge in [0.25, 0.3) is 0 Å². The molecular weight excluding hydrogens is 244 g/mol. The molecule has 0 radical (unpaired) electrons. The molecule has 1 aromatic rings. The Morgan fingerprint density at radius 1 is 1.56 bits per heavy atom. The van der Waals surface area contributed by atoms with E-state index in [9.17, 15) is 0 Å². The highest BCUT2D eigenvalue weighted by Gasteiger charge is 2.15. The van der Waals surface area contributed by atoms with Gasteiger partial charge in [0.15, 0.2) is 5.17 Å². The highest BCUT2D eigenvalue weighted by Crippen LogP contribution is 2.29. The van der Waals surface area contributed by atoms with E-state index in [-0.39, 0.29) is 0 Å². The number of anilines is 1. The summed E-state index contributed by atoms with van der Waals surface area (Å²) in [7, 11) is 1.64. The number of amidine groups is 1. The van der Waals surface area contributed by atoms with Crippen LogP contribution < -0.4 is 10.1 Å². The van der Waals surface area contributed by atoms with Crippen LogP contribution in [0.15, 0.2) is 23.2 Å².